The number of rotatable bonds is 3. The molecule has 1 N–H and O–H groups in total. The van der Waals surface area contributed by atoms with Gasteiger partial charge in [0.25, 0.3) is 0 Å². The lowest BCUT2D eigenvalue weighted by Crippen LogP contribution is -1.95. The molecule has 0 radical (unpaired) electrons. The number of aromatic amines is 1. The van der Waals surface area contributed by atoms with Crippen LogP contribution in [0.15, 0.2) is 53.9 Å². The Bertz CT molecular complexity index is 821. The molecule has 7 heteroatoms. The second-order valence-corrected chi connectivity index (χ2v) is 5.03. The van der Waals surface area contributed by atoms with Crippen molar-refractivity contribution < 1.29 is 0 Å². The molecule has 0 spiro atoms. The average Bonchev–Trinajstić information content (AvgIpc) is 2.89. The Morgan fingerprint density at radius 2 is 2.05 bits per heavy atom. The van der Waals surface area contributed by atoms with Crippen LogP contribution in [0.25, 0.3) is 11.4 Å². The first-order valence-corrected chi connectivity index (χ1v) is 6.90. The van der Waals surface area contributed by atoms with E-state index in [4.69, 9.17) is 23.8 Å². The number of halogens is 1. The number of H-pyrrole nitrogens is 1. The highest BCUT2D eigenvalue weighted by Crippen LogP contribution is 2.15. The van der Waals surface area contributed by atoms with Gasteiger partial charge in [-0.3, -0.25) is 4.98 Å². The highest BCUT2D eigenvalue weighted by atomic mass is 35.5. The van der Waals surface area contributed by atoms with Crippen molar-refractivity contribution in [1.29, 1.82) is 0 Å². The van der Waals surface area contributed by atoms with Gasteiger partial charge < -0.3 is 0 Å². The molecule has 21 heavy (non-hydrogen) atoms. The van der Waals surface area contributed by atoms with Crippen LogP contribution in [0.2, 0.25) is 5.02 Å². The number of aromatic nitrogens is 4. The lowest BCUT2D eigenvalue weighted by atomic mass is 10.2. The van der Waals surface area contributed by atoms with Crippen molar-refractivity contribution in [3.63, 3.8) is 0 Å². The quantitative estimate of drug-likeness (QED) is 0.594. The number of hydrogen-bond donors (Lipinski definition) is 1. The first kappa shape index (κ1) is 13.7. The van der Waals surface area contributed by atoms with Crippen molar-refractivity contribution in [3.8, 4) is 11.4 Å². The van der Waals surface area contributed by atoms with Crippen LogP contribution in [-0.2, 0) is 0 Å². The number of hydrogen-bond acceptors (Lipinski definition) is 4. The third-order valence-electron chi connectivity index (χ3n) is 2.76. The van der Waals surface area contributed by atoms with Gasteiger partial charge in [0, 0.05) is 23.0 Å². The number of benzene rings is 1. The van der Waals surface area contributed by atoms with Crippen molar-refractivity contribution in [3.05, 3.63) is 64.1 Å². The Hall–Kier alpha value is -2.31. The molecule has 0 fully saturated rings. The number of pyridine rings is 1. The highest BCUT2D eigenvalue weighted by Gasteiger charge is 2.07. The molecule has 104 valence electrons. The second-order valence-electron chi connectivity index (χ2n) is 4.20. The van der Waals surface area contributed by atoms with E-state index in [1.165, 1.54) is 0 Å². The molecule has 0 aliphatic carbocycles. The second kappa shape index (κ2) is 5.99. The number of nitrogens with one attached hydrogen (secondary N) is 1. The Labute approximate surface area is 130 Å². The van der Waals surface area contributed by atoms with Crippen LogP contribution in [0.1, 0.15) is 5.56 Å². The Kier molecular flexibility index (Phi) is 3.89. The van der Waals surface area contributed by atoms with Gasteiger partial charge in [-0.1, -0.05) is 23.7 Å². The predicted octanol–water partition coefficient (Wildman–Crippen LogP) is 3.54. The van der Waals surface area contributed by atoms with E-state index in [1.54, 1.807) is 35.4 Å². The molecule has 0 saturated heterocycles. The maximum absolute atomic E-state index is 5.85. The summed E-state index contributed by atoms with van der Waals surface area (Å²) >= 11 is 11.1. The summed E-state index contributed by atoms with van der Waals surface area (Å²) < 4.78 is 1.97. The van der Waals surface area contributed by atoms with Crippen molar-refractivity contribution in [1.82, 2.24) is 19.9 Å². The third kappa shape index (κ3) is 3.07. The predicted molar refractivity (Wildman–Crippen MR) is 85.1 cm³/mol. The van der Waals surface area contributed by atoms with Gasteiger partial charge in [-0.25, -0.2) is 5.10 Å². The summed E-state index contributed by atoms with van der Waals surface area (Å²) in [6.07, 6.45) is 5.10. The fraction of sp³-hybridized carbons (Fsp3) is 0. The summed E-state index contributed by atoms with van der Waals surface area (Å²) in [4.78, 5) is 4.07. The fourth-order valence-electron chi connectivity index (χ4n) is 1.75. The molecule has 0 unspecified atom stereocenters. The van der Waals surface area contributed by atoms with Crippen LogP contribution >= 0.6 is 23.8 Å². The van der Waals surface area contributed by atoms with E-state index in [0.717, 1.165) is 11.1 Å². The summed E-state index contributed by atoms with van der Waals surface area (Å²) in [6, 6.07) is 11.1. The highest BCUT2D eigenvalue weighted by molar-refractivity contribution is 7.71. The van der Waals surface area contributed by atoms with Crippen LogP contribution < -0.4 is 0 Å². The van der Waals surface area contributed by atoms with Crippen LogP contribution in [0.3, 0.4) is 0 Å². The Balaban J connectivity index is 1.98. The normalized spacial score (nSPS) is 11.1. The van der Waals surface area contributed by atoms with Crippen molar-refractivity contribution in [2.45, 2.75) is 0 Å². The zero-order chi connectivity index (χ0) is 14.7. The maximum atomic E-state index is 5.85. The summed E-state index contributed by atoms with van der Waals surface area (Å²) in [6.45, 7) is 0. The molecule has 2 heterocycles. The summed E-state index contributed by atoms with van der Waals surface area (Å²) in [7, 11) is 0. The summed E-state index contributed by atoms with van der Waals surface area (Å²) in [5.41, 5.74) is 1.75. The molecule has 0 amide bonds. The SMILES string of the molecule is S=c1[nH]nc(-c2cccnc2)n1N=Cc1ccc(Cl)cc1. The van der Waals surface area contributed by atoms with Crippen LogP contribution in [0.4, 0.5) is 0 Å². The molecule has 0 atom stereocenters. The Morgan fingerprint density at radius 3 is 2.76 bits per heavy atom. The molecule has 0 aliphatic rings. The molecule has 2 aromatic heterocycles. The molecule has 3 aromatic rings. The monoisotopic (exact) mass is 315 g/mol. The first-order valence-electron chi connectivity index (χ1n) is 6.12. The lowest BCUT2D eigenvalue weighted by molar-refractivity contribution is 0.871. The minimum absolute atomic E-state index is 0.416. The van der Waals surface area contributed by atoms with E-state index < -0.39 is 0 Å². The minimum atomic E-state index is 0.416. The smallest absolute Gasteiger partial charge is 0.216 e. The third-order valence-corrected chi connectivity index (χ3v) is 3.28. The van der Waals surface area contributed by atoms with Crippen molar-refractivity contribution in [2.24, 2.45) is 5.10 Å². The largest absolute Gasteiger partial charge is 0.264 e. The first-order chi connectivity index (χ1) is 10.2. The zero-order valence-electron chi connectivity index (χ0n) is 10.8. The summed E-state index contributed by atoms with van der Waals surface area (Å²) in [5.74, 6) is 0.610. The molecule has 0 saturated carbocycles. The van der Waals surface area contributed by atoms with Gasteiger partial charge in [-0.2, -0.15) is 14.9 Å². The van der Waals surface area contributed by atoms with Crippen molar-refractivity contribution in [2.75, 3.05) is 0 Å². The Morgan fingerprint density at radius 1 is 1.24 bits per heavy atom. The standard InChI is InChI=1S/C14H10ClN5S/c15-12-5-3-10(4-6-12)8-17-20-13(18-19-14(20)21)11-2-1-7-16-9-11/h1-9H,(H,19,21). The zero-order valence-corrected chi connectivity index (χ0v) is 12.3. The minimum Gasteiger partial charge on any atom is -0.264 e. The van der Waals surface area contributed by atoms with Gasteiger partial charge in [0.1, 0.15) is 0 Å². The van der Waals surface area contributed by atoms with Gasteiger partial charge in [0.15, 0.2) is 5.82 Å². The van der Waals surface area contributed by atoms with E-state index >= 15 is 0 Å². The molecule has 1 aromatic carbocycles. The van der Waals surface area contributed by atoms with E-state index in [9.17, 15) is 0 Å². The molecule has 5 nitrogen and oxygen atoms in total. The van der Waals surface area contributed by atoms with Gasteiger partial charge in [0.05, 0.1) is 6.21 Å². The molecular formula is C14H10ClN5S. The van der Waals surface area contributed by atoms with E-state index in [2.05, 4.69) is 20.3 Å². The van der Waals surface area contributed by atoms with Crippen LogP contribution in [0.5, 0.6) is 0 Å². The van der Waals surface area contributed by atoms with Crippen LogP contribution in [0, 0.1) is 4.77 Å². The van der Waals surface area contributed by atoms with Gasteiger partial charge >= 0.3 is 0 Å². The maximum Gasteiger partial charge on any atom is 0.216 e. The number of nitrogens with zero attached hydrogens (tertiary/aromatic N) is 4. The average molecular weight is 316 g/mol. The van der Waals surface area contributed by atoms with E-state index in [1.807, 2.05) is 24.3 Å². The molecular weight excluding hydrogens is 306 g/mol. The van der Waals surface area contributed by atoms with Gasteiger partial charge in [0.2, 0.25) is 4.77 Å². The van der Waals surface area contributed by atoms with Crippen molar-refractivity contribution >= 4 is 30.0 Å². The fourth-order valence-corrected chi connectivity index (χ4v) is 2.06. The van der Waals surface area contributed by atoms with E-state index in [0.29, 0.717) is 15.6 Å². The molecule has 0 bridgehead atoms. The van der Waals surface area contributed by atoms with Crippen LogP contribution in [-0.4, -0.2) is 26.1 Å². The molecule has 3 rings (SSSR count). The van der Waals surface area contributed by atoms with E-state index in [-0.39, 0.29) is 0 Å². The summed E-state index contributed by atoms with van der Waals surface area (Å²) in [5, 5.41) is 12.0. The molecule has 0 aliphatic heterocycles. The lowest BCUT2D eigenvalue weighted by Gasteiger charge is -2.00. The van der Waals surface area contributed by atoms with Gasteiger partial charge in [-0.15, -0.1) is 0 Å². The van der Waals surface area contributed by atoms with Gasteiger partial charge in [-0.05, 0) is 42.0 Å². The topological polar surface area (TPSA) is 58.9 Å².